The fourth-order valence-electron chi connectivity index (χ4n) is 1.57. The fourth-order valence-corrected chi connectivity index (χ4v) is 1.75. The second-order valence-electron chi connectivity index (χ2n) is 4.20. The van der Waals surface area contributed by atoms with Gasteiger partial charge in [0, 0.05) is 36.1 Å². The first kappa shape index (κ1) is 14.3. The topological polar surface area (TPSA) is 41.1 Å². The summed E-state index contributed by atoms with van der Waals surface area (Å²) in [7, 11) is 0. The van der Waals surface area contributed by atoms with E-state index in [4.69, 9.17) is 11.6 Å². The molecule has 1 saturated heterocycles. The molecule has 0 radical (unpaired) electrons. The molecule has 94 valence electrons. The molecule has 3 nitrogen and oxygen atoms in total. The Morgan fingerprint density at radius 2 is 2.24 bits per heavy atom. The first-order chi connectivity index (χ1) is 7.66. The Morgan fingerprint density at radius 1 is 1.53 bits per heavy atom. The van der Waals surface area contributed by atoms with Crippen LogP contribution in [0.4, 0.5) is 0 Å². The summed E-state index contributed by atoms with van der Waals surface area (Å²) < 4.78 is 0. The highest BCUT2D eigenvalue weighted by molar-refractivity contribution is 6.31. The maximum atomic E-state index is 11.8. The van der Waals surface area contributed by atoms with Crippen LogP contribution in [-0.2, 0) is 0 Å². The minimum atomic E-state index is -0.0474. The van der Waals surface area contributed by atoms with E-state index in [0.29, 0.717) is 16.5 Å². The second-order valence-corrected chi connectivity index (χ2v) is 4.61. The maximum Gasteiger partial charge on any atom is 0.251 e. The monoisotopic (exact) mass is 274 g/mol. The zero-order chi connectivity index (χ0) is 11.5. The van der Waals surface area contributed by atoms with Crippen LogP contribution < -0.4 is 10.6 Å². The van der Waals surface area contributed by atoms with Crippen molar-refractivity contribution in [2.24, 2.45) is 5.92 Å². The number of hydrogen-bond acceptors (Lipinski definition) is 2. The van der Waals surface area contributed by atoms with E-state index in [2.05, 4.69) is 10.6 Å². The molecule has 2 N–H and O–H groups in total. The van der Waals surface area contributed by atoms with Crippen LogP contribution in [0.2, 0.25) is 5.02 Å². The minimum Gasteiger partial charge on any atom is -0.352 e. The third-order valence-electron chi connectivity index (χ3n) is 2.85. The van der Waals surface area contributed by atoms with Crippen molar-refractivity contribution < 1.29 is 4.79 Å². The molecule has 0 bridgehead atoms. The number of halogens is 2. The van der Waals surface area contributed by atoms with Gasteiger partial charge in [-0.1, -0.05) is 17.7 Å². The first-order valence-electron chi connectivity index (χ1n) is 5.42. The molecular weight excluding hydrogens is 259 g/mol. The highest BCUT2D eigenvalue weighted by atomic mass is 35.5. The van der Waals surface area contributed by atoms with Crippen molar-refractivity contribution in [1.82, 2.24) is 10.6 Å². The van der Waals surface area contributed by atoms with Gasteiger partial charge in [0.15, 0.2) is 0 Å². The van der Waals surface area contributed by atoms with Crippen molar-refractivity contribution in [3.05, 3.63) is 34.3 Å². The van der Waals surface area contributed by atoms with Crippen molar-refractivity contribution in [3.63, 3.8) is 0 Å². The van der Waals surface area contributed by atoms with Crippen LogP contribution >= 0.6 is 24.0 Å². The second kappa shape index (κ2) is 6.24. The predicted octanol–water partition coefficient (Wildman–Crippen LogP) is 2.02. The average molecular weight is 275 g/mol. The summed E-state index contributed by atoms with van der Waals surface area (Å²) in [5.41, 5.74) is 1.62. The summed E-state index contributed by atoms with van der Waals surface area (Å²) in [5, 5.41) is 6.72. The van der Waals surface area contributed by atoms with Crippen molar-refractivity contribution >= 4 is 29.9 Å². The molecule has 1 aliphatic heterocycles. The van der Waals surface area contributed by atoms with Gasteiger partial charge in [0.1, 0.15) is 0 Å². The third-order valence-corrected chi connectivity index (χ3v) is 3.26. The maximum absolute atomic E-state index is 11.8. The van der Waals surface area contributed by atoms with Gasteiger partial charge in [-0.15, -0.1) is 12.4 Å². The summed E-state index contributed by atoms with van der Waals surface area (Å²) in [4.78, 5) is 11.8. The molecular formula is C12H16Cl2N2O. The Hall–Kier alpha value is -0.770. The quantitative estimate of drug-likeness (QED) is 0.886. The average Bonchev–Trinajstić information content (AvgIpc) is 2.19. The van der Waals surface area contributed by atoms with E-state index < -0.39 is 0 Å². The van der Waals surface area contributed by atoms with Gasteiger partial charge in [0.25, 0.3) is 5.91 Å². The standard InChI is InChI=1S/C12H15ClN2O.ClH/c1-8-2-3-10(4-11(8)13)12(16)15-7-9-5-14-6-9;/h2-4,9,14H,5-7H2,1H3,(H,15,16);1H. The molecule has 0 saturated carbocycles. The van der Waals surface area contributed by atoms with Gasteiger partial charge in [-0.2, -0.15) is 0 Å². The number of carbonyl (C=O) groups excluding carboxylic acids is 1. The molecule has 1 fully saturated rings. The minimum absolute atomic E-state index is 0. The number of amides is 1. The summed E-state index contributed by atoms with van der Waals surface area (Å²) in [6.45, 7) is 4.64. The third kappa shape index (κ3) is 3.60. The summed E-state index contributed by atoms with van der Waals surface area (Å²) >= 11 is 5.97. The van der Waals surface area contributed by atoms with Crippen LogP contribution in [0, 0.1) is 12.8 Å². The van der Waals surface area contributed by atoms with Crippen LogP contribution in [-0.4, -0.2) is 25.5 Å². The van der Waals surface area contributed by atoms with E-state index >= 15 is 0 Å². The lowest BCUT2D eigenvalue weighted by molar-refractivity contribution is 0.0942. The van der Waals surface area contributed by atoms with Crippen LogP contribution in [0.5, 0.6) is 0 Å². The van der Waals surface area contributed by atoms with Crippen LogP contribution in [0.1, 0.15) is 15.9 Å². The molecule has 0 aromatic heterocycles. The highest BCUT2D eigenvalue weighted by Gasteiger charge is 2.17. The van der Waals surface area contributed by atoms with Crippen molar-refractivity contribution in [1.29, 1.82) is 0 Å². The molecule has 1 aromatic carbocycles. The van der Waals surface area contributed by atoms with E-state index in [-0.39, 0.29) is 18.3 Å². The van der Waals surface area contributed by atoms with Crippen LogP contribution in [0.25, 0.3) is 0 Å². The van der Waals surface area contributed by atoms with Gasteiger partial charge in [-0.25, -0.2) is 0 Å². The summed E-state index contributed by atoms with van der Waals surface area (Å²) in [6.07, 6.45) is 0. The molecule has 1 aromatic rings. The van der Waals surface area contributed by atoms with Crippen molar-refractivity contribution in [2.45, 2.75) is 6.92 Å². The van der Waals surface area contributed by atoms with Crippen molar-refractivity contribution in [3.8, 4) is 0 Å². The lowest BCUT2D eigenvalue weighted by Crippen LogP contribution is -2.48. The van der Waals surface area contributed by atoms with E-state index in [1.165, 1.54) is 0 Å². The zero-order valence-corrected chi connectivity index (χ0v) is 11.2. The van der Waals surface area contributed by atoms with Gasteiger partial charge in [0.05, 0.1) is 0 Å². The number of carbonyl (C=O) groups is 1. The van der Waals surface area contributed by atoms with Gasteiger partial charge >= 0.3 is 0 Å². The number of benzene rings is 1. The molecule has 0 unspecified atom stereocenters. The summed E-state index contributed by atoms with van der Waals surface area (Å²) in [6, 6.07) is 5.38. The molecule has 0 atom stereocenters. The lowest BCUT2D eigenvalue weighted by Gasteiger charge is -2.27. The Balaban J connectivity index is 0.00000144. The smallest absolute Gasteiger partial charge is 0.251 e. The zero-order valence-electron chi connectivity index (χ0n) is 9.63. The molecule has 1 amide bonds. The number of nitrogens with one attached hydrogen (secondary N) is 2. The van der Waals surface area contributed by atoms with Gasteiger partial charge < -0.3 is 10.6 Å². The number of hydrogen-bond donors (Lipinski definition) is 2. The highest BCUT2D eigenvalue weighted by Crippen LogP contribution is 2.16. The SMILES string of the molecule is Cc1ccc(C(=O)NCC2CNC2)cc1Cl.Cl. The number of rotatable bonds is 3. The Kier molecular flexibility index (Phi) is 5.25. The van der Waals surface area contributed by atoms with E-state index in [9.17, 15) is 4.79 Å². The molecule has 1 heterocycles. The largest absolute Gasteiger partial charge is 0.352 e. The Morgan fingerprint density at radius 3 is 2.76 bits per heavy atom. The van der Waals surface area contributed by atoms with E-state index in [0.717, 1.165) is 25.2 Å². The summed E-state index contributed by atoms with van der Waals surface area (Å²) in [5.74, 6) is 0.527. The molecule has 0 aliphatic carbocycles. The van der Waals surface area contributed by atoms with Crippen LogP contribution in [0.3, 0.4) is 0 Å². The predicted molar refractivity (Wildman–Crippen MR) is 72.1 cm³/mol. The normalized spacial score (nSPS) is 14.7. The first-order valence-corrected chi connectivity index (χ1v) is 5.79. The van der Waals surface area contributed by atoms with Gasteiger partial charge in [-0.3, -0.25) is 4.79 Å². The molecule has 5 heteroatoms. The molecule has 1 aliphatic rings. The van der Waals surface area contributed by atoms with Gasteiger partial charge in [0.2, 0.25) is 0 Å². The Bertz CT molecular complexity index is 405. The number of aryl methyl sites for hydroxylation is 1. The Labute approximate surface area is 112 Å². The lowest BCUT2D eigenvalue weighted by atomic mass is 10.0. The molecule has 2 rings (SSSR count). The van der Waals surface area contributed by atoms with Crippen molar-refractivity contribution in [2.75, 3.05) is 19.6 Å². The van der Waals surface area contributed by atoms with E-state index in [1.807, 2.05) is 13.0 Å². The fraction of sp³-hybridized carbons (Fsp3) is 0.417. The molecule has 0 spiro atoms. The van der Waals surface area contributed by atoms with Gasteiger partial charge in [-0.05, 0) is 24.6 Å². The molecule has 17 heavy (non-hydrogen) atoms. The van der Waals surface area contributed by atoms with Crippen LogP contribution in [0.15, 0.2) is 18.2 Å². The van der Waals surface area contributed by atoms with E-state index in [1.54, 1.807) is 12.1 Å².